The number of anilines is 2. The first-order valence-corrected chi connectivity index (χ1v) is 6.77. The van der Waals surface area contributed by atoms with Crippen molar-refractivity contribution < 1.29 is 13.2 Å². The van der Waals surface area contributed by atoms with Crippen molar-refractivity contribution in [2.45, 2.75) is 0 Å². The molecular formula is C15H9Cl2F3N4. The summed E-state index contributed by atoms with van der Waals surface area (Å²) < 4.78 is 39.4. The van der Waals surface area contributed by atoms with Gasteiger partial charge in [0, 0.05) is 35.6 Å². The van der Waals surface area contributed by atoms with Crippen molar-refractivity contribution in [1.82, 2.24) is 15.0 Å². The zero-order chi connectivity index (χ0) is 16.4. The van der Waals surface area contributed by atoms with Crippen molar-refractivity contribution in [3.8, 4) is 11.3 Å². The van der Waals surface area contributed by atoms with E-state index in [0.29, 0.717) is 11.3 Å². The zero-order valence-electron chi connectivity index (χ0n) is 11.8. The summed E-state index contributed by atoms with van der Waals surface area (Å²) in [4.78, 5) is 12.0. The molecule has 2 heterocycles. The van der Waals surface area contributed by atoms with E-state index >= 15 is 0 Å². The lowest BCUT2D eigenvalue weighted by atomic mass is 10.2. The highest BCUT2D eigenvalue weighted by atomic mass is 35.5. The molecule has 9 heteroatoms. The summed E-state index contributed by atoms with van der Waals surface area (Å²) in [6, 6.07) is 6.61. The molecule has 0 saturated heterocycles. The van der Waals surface area contributed by atoms with Crippen LogP contribution in [0.25, 0.3) is 11.3 Å². The van der Waals surface area contributed by atoms with Gasteiger partial charge < -0.3 is 5.32 Å². The van der Waals surface area contributed by atoms with E-state index in [-0.39, 0.29) is 29.1 Å². The number of halogens is 5. The van der Waals surface area contributed by atoms with Gasteiger partial charge in [-0.3, -0.25) is 0 Å². The van der Waals surface area contributed by atoms with Crippen molar-refractivity contribution in [1.29, 1.82) is 0 Å². The second kappa shape index (κ2) is 7.46. The molecule has 0 aliphatic heterocycles. The van der Waals surface area contributed by atoms with Crippen LogP contribution >= 0.6 is 24.0 Å². The lowest BCUT2D eigenvalue weighted by Gasteiger charge is -2.08. The summed E-state index contributed by atoms with van der Waals surface area (Å²) >= 11 is 6.00. The summed E-state index contributed by atoms with van der Waals surface area (Å²) in [6.07, 6.45) is 2.80. The Labute approximate surface area is 146 Å². The summed E-state index contributed by atoms with van der Waals surface area (Å²) in [6.45, 7) is 0. The molecule has 3 rings (SSSR count). The molecule has 0 fully saturated rings. The van der Waals surface area contributed by atoms with Crippen molar-refractivity contribution in [3.05, 3.63) is 65.5 Å². The highest BCUT2D eigenvalue weighted by Gasteiger charge is 2.12. The lowest BCUT2D eigenvalue weighted by molar-refractivity contribution is 0.448. The van der Waals surface area contributed by atoms with Crippen LogP contribution in [0.3, 0.4) is 0 Å². The molecule has 24 heavy (non-hydrogen) atoms. The van der Waals surface area contributed by atoms with Crippen LogP contribution in [0, 0.1) is 17.5 Å². The maximum absolute atomic E-state index is 13.2. The van der Waals surface area contributed by atoms with E-state index in [1.165, 1.54) is 18.6 Å². The number of nitrogens with one attached hydrogen (secondary N) is 1. The molecule has 0 bridgehead atoms. The molecule has 0 aliphatic carbocycles. The van der Waals surface area contributed by atoms with Gasteiger partial charge >= 0.3 is 0 Å². The van der Waals surface area contributed by atoms with Crippen LogP contribution in [-0.4, -0.2) is 15.0 Å². The van der Waals surface area contributed by atoms with Gasteiger partial charge in [0.15, 0.2) is 17.5 Å². The normalized spacial score (nSPS) is 10.2. The van der Waals surface area contributed by atoms with Gasteiger partial charge in [-0.2, -0.15) is 0 Å². The summed E-state index contributed by atoms with van der Waals surface area (Å²) in [7, 11) is 0. The fraction of sp³-hybridized carbons (Fsp3) is 0. The molecule has 2 aromatic heterocycles. The Hall–Kier alpha value is -2.38. The minimum Gasteiger partial charge on any atom is -0.340 e. The number of aromatic nitrogens is 3. The molecule has 3 aromatic rings. The Morgan fingerprint density at radius 1 is 0.958 bits per heavy atom. The number of pyridine rings is 1. The molecule has 0 saturated carbocycles. The third-order valence-electron chi connectivity index (χ3n) is 2.96. The Morgan fingerprint density at radius 2 is 1.67 bits per heavy atom. The van der Waals surface area contributed by atoms with Gasteiger partial charge in [0.2, 0.25) is 0 Å². The van der Waals surface area contributed by atoms with Crippen LogP contribution in [0.5, 0.6) is 0 Å². The predicted molar refractivity (Wildman–Crippen MR) is 87.1 cm³/mol. The summed E-state index contributed by atoms with van der Waals surface area (Å²) in [5.41, 5.74) is 1.07. The molecule has 0 atom stereocenters. The predicted octanol–water partition coefficient (Wildman–Crippen LogP) is 4.77. The van der Waals surface area contributed by atoms with Gasteiger partial charge in [-0.1, -0.05) is 11.6 Å². The van der Waals surface area contributed by atoms with Crippen LogP contribution in [0.1, 0.15) is 0 Å². The molecule has 0 spiro atoms. The number of rotatable bonds is 3. The van der Waals surface area contributed by atoms with Crippen molar-refractivity contribution in [3.63, 3.8) is 0 Å². The number of hydrogen-bond donors (Lipinski definition) is 1. The molecule has 124 valence electrons. The Morgan fingerprint density at radius 3 is 2.33 bits per heavy atom. The monoisotopic (exact) mass is 372 g/mol. The number of hydrogen-bond acceptors (Lipinski definition) is 4. The van der Waals surface area contributed by atoms with E-state index < -0.39 is 17.5 Å². The van der Waals surface area contributed by atoms with Gasteiger partial charge in [0.05, 0.1) is 5.69 Å². The quantitative estimate of drug-likeness (QED) is 0.531. The van der Waals surface area contributed by atoms with Crippen molar-refractivity contribution in [2.75, 3.05) is 5.32 Å². The molecule has 0 radical (unpaired) electrons. The summed E-state index contributed by atoms with van der Waals surface area (Å²) in [5, 5.41) is 2.94. The van der Waals surface area contributed by atoms with Crippen LogP contribution in [0.4, 0.5) is 24.7 Å². The van der Waals surface area contributed by atoms with Crippen LogP contribution in [-0.2, 0) is 0 Å². The fourth-order valence-electron chi connectivity index (χ4n) is 1.93. The van der Waals surface area contributed by atoms with E-state index in [4.69, 9.17) is 11.6 Å². The van der Waals surface area contributed by atoms with E-state index in [2.05, 4.69) is 20.3 Å². The first-order chi connectivity index (χ1) is 11.0. The van der Waals surface area contributed by atoms with Crippen molar-refractivity contribution in [2.24, 2.45) is 0 Å². The van der Waals surface area contributed by atoms with Gasteiger partial charge in [-0.05, 0) is 12.1 Å². The van der Waals surface area contributed by atoms with Crippen LogP contribution in [0.2, 0.25) is 5.15 Å². The van der Waals surface area contributed by atoms with E-state index in [1.807, 2.05) is 0 Å². The minimum absolute atomic E-state index is 0. The second-order valence-corrected chi connectivity index (χ2v) is 4.87. The van der Waals surface area contributed by atoms with Gasteiger partial charge in [-0.25, -0.2) is 28.1 Å². The second-order valence-electron chi connectivity index (χ2n) is 4.51. The third kappa shape index (κ3) is 3.74. The maximum atomic E-state index is 13.2. The standard InChI is InChI=1S/C15H8ClF3N4.ClH/c16-15-9(2-1-3-20-15)12-6-13(22-7-21-12)23-8-4-10(17)14(19)11(18)5-8;/h1-7H,(H,21,22,23);1H. The molecule has 0 aliphatic rings. The summed E-state index contributed by atoms with van der Waals surface area (Å²) in [5.74, 6) is -3.85. The fourth-order valence-corrected chi connectivity index (χ4v) is 2.14. The van der Waals surface area contributed by atoms with Crippen LogP contribution < -0.4 is 5.32 Å². The van der Waals surface area contributed by atoms with Crippen LogP contribution in [0.15, 0.2) is 42.9 Å². The highest BCUT2D eigenvalue weighted by Crippen LogP contribution is 2.26. The zero-order valence-corrected chi connectivity index (χ0v) is 13.4. The minimum atomic E-state index is -1.53. The topological polar surface area (TPSA) is 50.7 Å². The van der Waals surface area contributed by atoms with E-state index in [0.717, 1.165) is 12.1 Å². The smallest absolute Gasteiger partial charge is 0.194 e. The van der Waals surface area contributed by atoms with Gasteiger partial charge in [0.1, 0.15) is 17.3 Å². The Kier molecular flexibility index (Phi) is 5.58. The van der Waals surface area contributed by atoms with E-state index in [9.17, 15) is 13.2 Å². The number of benzene rings is 1. The molecule has 1 aromatic carbocycles. The lowest BCUT2D eigenvalue weighted by Crippen LogP contribution is -1.99. The average molecular weight is 373 g/mol. The third-order valence-corrected chi connectivity index (χ3v) is 3.26. The number of nitrogens with zero attached hydrogens (tertiary/aromatic N) is 3. The van der Waals surface area contributed by atoms with Gasteiger partial charge in [-0.15, -0.1) is 12.4 Å². The Bertz CT molecular complexity index is 854. The Balaban J connectivity index is 0.00000208. The first-order valence-electron chi connectivity index (χ1n) is 6.39. The average Bonchev–Trinajstić information content (AvgIpc) is 2.53. The molecular weight excluding hydrogens is 364 g/mol. The van der Waals surface area contributed by atoms with Crippen molar-refractivity contribution >= 4 is 35.5 Å². The molecule has 1 N–H and O–H groups in total. The first kappa shape index (κ1) is 18.0. The SMILES string of the molecule is Cl.Fc1cc(Nc2cc(-c3cccnc3Cl)ncn2)cc(F)c1F. The van der Waals surface area contributed by atoms with Gasteiger partial charge in [0.25, 0.3) is 0 Å². The maximum Gasteiger partial charge on any atom is 0.194 e. The highest BCUT2D eigenvalue weighted by molar-refractivity contribution is 6.32. The largest absolute Gasteiger partial charge is 0.340 e. The molecule has 0 amide bonds. The van der Waals surface area contributed by atoms with E-state index in [1.54, 1.807) is 12.1 Å². The molecule has 4 nitrogen and oxygen atoms in total. The molecule has 0 unspecified atom stereocenters.